The molecule has 0 spiro atoms. The maximum atomic E-state index is 11.7. The van der Waals surface area contributed by atoms with Crippen LogP contribution in [0.5, 0.6) is 0 Å². The number of amides is 2. The number of hydrogen-bond donors (Lipinski definition) is 2. The quantitative estimate of drug-likeness (QED) is 0.809. The van der Waals surface area contributed by atoms with E-state index < -0.39 is 0 Å². The summed E-state index contributed by atoms with van der Waals surface area (Å²) in [6.45, 7) is 3.22. The van der Waals surface area contributed by atoms with Crippen LogP contribution in [0.2, 0.25) is 0 Å². The van der Waals surface area contributed by atoms with Gasteiger partial charge in [0.05, 0.1) is 0 Å². The van der Waals surface area contributed by atoms with Crippen LogP contribution in [0.3, 0.4) is 0 Å². The first kappa shape index (κ1) is 12.5. The predicted molar refractivity (Wildman–Crippen MR) is 66.7 cm³/mol. The van der Waals surface area contributed by atoms with E-state index in [1.54, 1.807) is 11.9 Å². The van der Waals surface area contributed by atoms with Crippen molar-refractivity contribution in [2.75, 3.05) is 25.0 Å². The first-order chi connectivity index (χ1) is 7.70. The number of benzene rings is 1. The van der Waals surface area contributed by atoms with Crippen LogP contribution in [-0.4, -0.2) is 26.2 Å². The third-order valence-electron chi connectivity index (χ3n) is 2.45. The topological polar surface area (TPSA) is 58.4 Å². The smallest absolute Gasteiger partial charge is 0.321 e. The van der Waals surface area contributed by atoms with Gasteiger partial charge in [0, 0.05) is 19.3 Å². The Morgan fingerprint density at radius 2 is 2.12 bits per heavy atom. The number of rotatable bonds is 4. The number of hydrogen-bond acceptors (Lipinski definition) is 2. The van der Waals surface area contributed by atoms with E-state index in [0.717, 1.165) is 17.7 Å². The molecule has 0 saturated heterocycles. The lowest BCUT2D eigenvalue weighted by Crippen LogP contribution is -2.39. The Bertz CT molecular complexity index is 352. The van der Waals surface area contributed by atoms with Crippen LogP contribution in [0.15, 0.2) is 24.3 Å². The highest BCUT2D eigenvalue weighted by atomic mass is 16.2. The molecule has 1 aromatic carbocycles. The Kier molecular flexibility index (Phi) is 4.79. The van der Waals surface area contributed by atoms with Gasteiger partial charge < -0.3 is 11.1 Å². The normalized spacial score (nSPS) is 9.94. The van der Waals surface area contributed by atoms with Gasteiger partial charge in [-0.05, 0) is 31.5 Å². The molecule has 0 saturated carbocycles. The fourth-order valence-corrected chi connectivity index (χ4v) is 1.58. The van der Waals surface area contributed by atoms with E-state index >= 15 is 0 Å². The van der Waals surface area contributed by atoms with Gasteiger partial charge in [0.1, 0.15) is 0 Å². The summed E-state index contributed by atoms with van der Waals surface area (Å²) in [5, 5.41) is 2.65. The summed E-state index contributed by atoms with van der Waals surface area (Å²) in [5.41, 5.74) is 7.50. The fraction of sp³-hybridized carbons (Fsp3) is 0.417. The van der Waals surface area contributed by atoms with Gasteiger partial charge in [-0.1, -0.05) is 18.2 Å². The lowest BCUT2D eigenvalue weighted by molar-refractivity contribution is 0.248. The minimum Gasteiger partial charge on any atom is -0.341 e. The second kappa shape index (κ2) is 6.12. The molecule has 0 aromatic heterocycles. The molecule has 2 amide bonds. The Morgan fingerprint density at radius 1 is 1.44 bits per heavy atom. The van der Waals surface area contributed by atoms with Crippen molar-refractivity contribution in [3.63, 3.8) is 0 Å². The molecule has 0 aliphatic carbocycles. The number of urea groups is 1. The van der Waals surface area contributed by atoms with Crippen LogP contribution in [0.25, 0.3) is 0 Å². The molecule has 0 atom stereocenters. The molecule has 0 radical (unpaired) electrons. The molecular weight excluding hydrogens is 202 g/mol. The summed E-state index contributed by atoms with van der Waals surface area (Å²) < 4.78 is 0. The monoisotopic (exact) mass is 221 g/mol. The second-order valence-corrected chi connectivity index (χ2v) is 3.64. The molecule has 0 aliphatic rings. The van der Waals surface area contributed by atoms with Crippen LogP contribution in [0, 0.1) is 6.92 Å². The molecule has 88 valence electrons. The van der Waals surface area contributed by atoms with E-state index in [0.29, 0.717) is 13.1 Å². The third-order valence-corrected chi connectivity index (χ3v) is 2.45. The van der Waals surface area contributed by atoms with Crippen molar-refractivity contribution in [2.45, 2.75) is 13.3 Å². The number of nitrogens with one attached hydrogen (secondary N) is 1. The van der Waals surface area contributed by atoms with Crippen molar-refractivity contribution < 1.29 is 4.79 Å². The summed E-state index contributed by atoms with van der Waals surface area (Å²) in [5.74, 6) is 0. The number of carbonyl (C=O) groups is 1. The summed E-state index contributed by atoms with van der Waals surface area (Å²) >= 11 is 0. The third kappa shape index (κ3) is 2.97. The largest absolute Gasteiger partial charge is 0.341 e. The maximum Gasteiger partial charge on any atom is 0.321 e. The van der Waals surface area contributed by atoms with Crippen LogP contribution >= 0.6 is 0 Å². The minimum atomic E-state index is -0.0947. The fourth-order valence-electron chi connectivity index (χ4n) is 1.58. The van der Waals surface area contributed by atoms with Crippen LogP contribution in [0.4, 0.5) is 10.5 Å². The summed E-state index contributed by atoms with van der Waals surface area (Å²) in [4.78, 5) is 13.5. The van der Waals surface area contributed by atoms with E-state index in [-0.39, 0.29) is 6.03 Å². The van der Waals surface area contributed by atoms with Gasteiger partial charge in [-0.3, -0.25) is 4.90 Å². The molecule has 3 N–H and O–H groups in total. The van der Waals surface area contributed by atoms with Gasteiger partial charge in [-0.25, -0.2) is 4.79 Å². The molecule has 0 aliphatic heterocycles. The molecule has 0 fully saturated rings. The maximum absolute atomic E-state index is 11.7. The Balaban J connectivity index is 2.92. The van der Waals surface area contributed by atoms with E-state index in [9.17, 15) is 4.79 Å². The molecule has 16 heavy (non-hydrogen) atoms. The lowest BCUT2D eigenvalue weighted by atomic mass is 10.2. The van der Waals surface area contributed by atoms with Gasteiger partial charge in [-0.2, -0.15) is 0 Å². The van der Waals surface area contributed by atoms with Crippen molar-refractivity contribution >= 4 is 11.7 Å². The van der Waals surface area contributed by atoms with Crippen molar-refractivity contribution in [1.82, 2.24) is 5.32 Å². The van der Waals surface area contributed by atoms with E-state index in [1.807, 2.05) is 31.2 Å². The van der Waals surface area contributed by atoms with Crippen molar-refractivity contribution in [3.05, 3.63) is 29.8 Å². The number of anilines is 1. The van der Waals surface area contributed by atoms with Crippen molar-refractivity contribution in [3.8, 4) is 0 Å². The Hall–Kier alpha value is -1.55. The molecule has 1 rings (SSSR count). The molecule has 1 aromatic rings. The Morgan fingerprint density at radius 3 is 2.69 bits per heavy atom. The molecule has 4 heteroatoms. The average molecular weight is 221 g/mol. The highest BCUT2D eigenvalue weighted by Crippen LogP contribution is 2.19. The number of nitrogens with two attached hydrogens (primary N) is 1. The van der Waals surface area contributed by atoms with Crippen LogP contribution in [-0.2, 0) is 0 Å². The zero-order valence-corrected chi connectivity index (χ0v) is 9.86. The molecule has 0 heterocycles. The summed E-state index contributed by atoms with van der Waals surface area (Å²) in [6, 6.07) is 7.74. The molecule has 0 unspecified atom stereocenters. The van der Waals surface area contributed by atoms with Gasteiger partial charge in [0.15, 0.2) is 0 Å². The average Bonchev–Trinajstić information content (AvgIpc) is 2.31. The van der Waals surface area contributed by atoms with Crippen molar-refractivity contribution in [2.24, 2.45) is 5.73 Å². The zero-order chi connectivity index (χ0) is 12.0. The number of aryl methyl sites for hydroxylation is 1. The van der Waals surface area contributed by atoms with E-state index in [4.69, 9.17) is 5.73 Å². The highest BCUT2D eigenvalue weighted by Gasteiger charge is 2.14. The SMILES string of the molecule is CNC(=O)N(CCCN)c1ccccc1C. The number of para-hydroxylation sites is 1. The number of carbonyl (C=O) groups excluding carboxylic acids is 1. The highest BCUT2D eigenvalue weighted by molar-refractivity contribution is 5.92. The summed E-state index contributed by atoms with van der Waals surface area (Å²) in [6.07, 6.45) is 0.793. The molecule has 0 bridgehead atoms. The van der Waals surface area contributed by atoms with E-state index in [2.05, 4.69) is 5.32 Å². The van der Waals surface area contributed by atoms with E-state index in [1.165, 1.54) is 0 Å². The van der Waals surface area contributed by atoms with Gasteiger partial charge in [0.2, 0.25) is 0 Å². The number of nitrogens with zero attached hydrogens (tertiary/aromatic N) is 1. The summed E-state index contributed by atoms with van der Waals surface area (Å²) in [7, 11) is 1.63. The first-order valence-electron chi connectivity index (χ1n) is 5.45. The van der Waals surface area contributed by atoms with Gasteiger partial charge in [-0.15, -0.1) is 0 Å². The first-order valence-corrected chi connectivity index (χ1v) is 5.45. The standard InChI is InChI=1S/C12H19N3O/c1-10-6-3-4-7-11(10)15(9-5-8-13)12(16)14-2/h3-4,6-7H,5,8-9,13H2,1-2H3,(H,14,16). The van der Waals surface area contributed by atoms with Crippen molar-refractivity contribution in [1.29, 1.82) is 0 Å². The minimum absolute atomic E-state index is 0.0947. The van der Waals surface area contributed by atoms with Crippen LogP contribution in [0.1, 0.15) is 12.0 Å². The second-order valence-electron chi connectivity index (χ2n) is 3.64. The lowest BCUT2D eigenvalue weighted by Gasteiger charge is -2.23. The van der Waals surface area contributed by atoms with Gasteiger partial charge >= 0.3 is 6.03 Å². The predicted octanol–water partition coefficient (Wildman–Crippen LogP) is 1.49. The molecule has 4 nitrogen and oxygen atoms in total. The zero-order valence-electron chi connectivity index (χ0n) is 9.86. The van der Waals surface area contributed by atoms with Crippen LogP contribution < -0.4 is 16.0 Å². The molecular formula is C12H19N3O. The van der Waals surface area contributed by atoms with Gasteiger partial charge in [0.25, 0.3) is 0 Å². The Labute approximate surface area is 96.4 Å².